The first-order chi connectivity index (χ1) is 11.6. The summed E-state index contributed by atoms with van der Waals surface area (Å²) in [5.41, 5.74) is 1.97. The van der Waals surface area contributed by atoms with Crippen LogP contribution in [0.3, 0.4) is 0 Å². The van der Waals surface area contributed by atoms with Gasteiger partial charge in [0.15, 0.2) is 11.3 Å². The predicted octanol–water partition coefficient (Wildman–Crippen LogP) is 3.40. The van der Waals surface area contributed by atoms with Crippen LogP contribution >= 0.6 is 23.2 Å². The van der Waals surface area contributed by atoms with Gasteiger partial charge in [0.25, 0.3) is 5.91 Å². The number of nitrogens with one attached hydrogen (secondary N) is 2. The first-order valence-electron chi connectivity index (χ1n) is 7.39. The van der Waals surface area contributed by atoms with E-state index in [9.17, 15) is 4.79 Å². The molecule has 0 spiro atoms. The van der Waals surface area contributed by atoms with Crippen LogP contribution < -0.4 is 10.6 Å². The van der Waals surface area contributed by atoms with Gasteiger partial charge in [0.1, 0.15) is 5.82 Å². The average molecular weight is 364 g/mol. The van der Waals surface area contributed by atoms with Gasteiger partial charge >= 0.3 is 0 Å². The molecule has 2 heterocycles. The third kappa shape index (κ3) is 3.44. The molecule has 0 aliphatic carbocycles. The molecule has 0 atom stereocenters. The molecule has 1 aromatic carbocycles. The highest BCUT2D eigenvalue weighted by atomic mass is 35.5. The molecule has 24 heavy (non-hydrogen) atoms. The van der Waals surface area contributed by atoms with Crippen molar-refractivity contribution in [3.63, 3.8) is 0 Å². The normalized spacial score (nSPS) is 10.8. The summed E-state index contributed by atoms with van der Waals surface area (Å²) in [7, 11) is 0. The average Bonchev–Trinajstić information content (AvgIpc) is 2.99. The van der Waals surface area contributed by atoms with Gasteiger partial charge in [0.05, 0.1) is 16.2 Å². The second-order valence-electron chi connectivity index (χ2n) is 5.09. The van der Waals surface area contributed by atoms with Crippen LogP contribution in [0.15, 0.2) is 36.5 Å². The highest BCUT2D eigenvalue weighted by Gasteiger charge is 2.12. The number of rotatable bonds is 5. The van der Waals surface area contributed by atoms with Crippen molar-refractivity contribution in [3.05, 3.63) is 57.8 Å². The van der Waals surface area contributed by atoms with Gasteiger partial charge in [0, 0.05) is 13.1 Å². The molecule has 0 fully saturated rings. The second-order valence-corrected chi connectivity index (χ2v) is 5.91. The molecule has 2 aromatic heterocycles. The van der Waals surface area contributed by atoms with E-state index in [1.165, 1.54) is 10.7 Å². The van der Waals surface area contributed by atoms with Crippen molar-refractivity contribution in [3.8, 4) is 0 Å². The lowest BCUT2D eigenvalue weighted by molar-refractivity contribution is 0.0949. The Bertz CT molecular complexity index is 893. The fourth-order valence-electron chi connectivity index (χ4n) is 2.22. The Labute approximate surface area is 148 Å². The van der Waals surface area contributed by atoms with E-state index in [1.807, 2.05) is 13.0 Å². The zero-order valence-corrected chi connectivity index (χ0v) is 14.4. The van der Waals surface area contributed by atoms with Crippen molar-refractivity contribution in [2.24, 2.45) is 0 Å². The zero-order valence-electron chi connectivity index (χ0n) is 12.9. The SMILES string of the molecule is CCNC(=O)c1cnc2ccc(NCc3ccc(Cl)c(Cl)c3)nn12. The highest BCUT2D eigenvalue weighted by molar-refractivity contribution is 6.42. The molecule has 0 saturated carbocycles. The van der Waals surface area contributed by atoms with Crippen LogP contribution in [0.1, 0.15) is 23.0 Å². The Hall–Kier alpha value is -2.31. The molecule has 1 amide bonds. The number of halogens is 2. The van der Waals surface area contributed by atoms with Crippen LogP contribution in [-0.4, -0.2) is 27.0 Å². The number of benzene rings is 1. The van der Waals surface area contributed by atoms with Gasteiger partial charge in [-0.25, -0.2) is 9.50 Å². The third-order valence-corrected chi connectivity index (χ3v) is 4.13. The number of hydrogen-bond acceptors (Lipinski definition) is 4. The van der Waals surface area contributed by atoms with Crippen molar-refractivity contribution >= 4 is 40.6 Å². The van der Waals surface area contributed by atoms with Crippen LogP contribution in [0.2, 0.25) is 10.0 Å². The summed E-state index contributed by atoms with van der Waals surface area (Å²) in [4.78, 5) is 16.2. The van der Waals surface area contributed by atoms with Crippen molar-refractivity contribution in [1.82, 2.24) is 19.9 Å². The van der Waals surface area contributed by atoms with Crippen LogP contribution in [0.25, 0.3) is 5.65 Å². The van der Waals surface area contributed by atoms with E-state index >= 15 is 0 Å². The maximum absolute atomic E-state index is 12.0. The fourth-order valence-corrected chi connectivity index (χ4v) is 2.54. The number of imidazole rings is 1. The molecule has 0 unspecified atom stereocenters. The number of nitrogens with zero attached hydrogens (tertiary/aromatic N) is 3. The van der Waals surface area contributed by atoms with Gasteiger partial charge in [-0.1, -0.05) is 29.3 Å². The molecule has 0 radical (unpaired) electrons. The minimum Gasteiger partial charge on any atom is -0.365 e. The summed E-state index contributed by atoms with van der Waals surface area (Å²) >= 11 is 11.9. The lowest BCUT2D eigenvalue weighted by Crippen LogP contribution is -2.24. The van der Waals surface area contributed by atoms with Gasteiger partial charge in [-0.2, -0.15) is 0 Å². The van der Waals surface area contributed by atoms with Crippen molar-refractivity contribution in [2.75, 3.05) is 11.9 Å². The quantitative estimate of drug-likeness (QED) is 0.728. The highest BCUT2D eigenvalue weighted by Crippen LogP contribution is 2.23. The lowest BCUT2D eigenvalue weighted by atomic mass is 10.2. The van der Waals surface area contributed by atoms with Crippen LogP contribution in [0.4, 0.5) is 5.82 Å². The van der Waals surface area contributed by atoms with E-state index in [2.05, 4.69) is 20.7 Å². The minimum absolute atomic E-state index is 0.209. The van der Waals surface area contributed by atoms with E-state index in [0.29, 0.717) is 40.3 Å². The molecule has 0 saturated heterocycles. The molecule has 124 valence electrons. The number of carbonyl (C=O) groups excluding carboxylic acids is 1. The van der Waals surface area contributed by atoms with E-state index in [4.69, 9.17) is 23.2 Å². The number of carbonyl (C=O) groups is 1. The summed E-state index contributed by atoms with van der Waals surface area (Å²) < 4.78 is 1.52. The van der Waals surface area contributed by atoms with Crippen molar-refractivity contribution in [1.29, 1.82) is 0 Å². The molecule has 6 nitrogen and oxygen atoms in total. The third-order valence-electron chi connectivity index (χ3n) is 3.39. The Balaban J connectivity index is 1.80. The standard InChI is InChI=1S/C16H15Cl2N5O/c1-2-19-16(24)13-9-21-15-6-5-14(22-23(13)15)20-8-10-3-4-11(17)12(18)7-10/h3-7,9H,2,8H2,1H3,(H,19,24)(H,20,22). The van der Waals surface area contributed by atoms with E-state index in [-0.39, 0.29) is 5.91 Å². The number of anilines is 1. The summed E-state index contributed by atoms with van der Waals surface area (Å²) in [5.74, 6) is 0.413. The molecule has 0 aliphatic heterocycles. The van der Waals surface area contributed by atoms with Gasteiger partial charge in [-0.3, -0.25) is 4.79 Å². The number of fused-ring (bicyclic) bond motifs is 1. The van der Waals surface area contributed by atoms with E-state index in [1.54, 1.807) is 24.3 Å². The molecule has 0 aliphatic rings. The summed E-state index contributed by atoms with van der Waals surface area (Å²) in [5, 5.41) is 11.4. The van der Waals surface area contributed by atoms with Crippen LogP contribution in [0.5, 0.6) is 0 Å². The van der Waals surface area contributed by atoms with Crippen molar-refractivity contribution < 1.29 is 4.79 Å². The van der Waals surface area contributed by atoms with E-state index in [0.717, 1.165) is 5.56 Å². The first kappa shape index (κ1) is 16.5. The lowest BCUT2D eigenvalue weighted by Gasteiger charge is -2.08. The summed E-state index contributed by atoms with van der Waals surface area (Å²) in [6.07, 6.45) is 1.51. The molecule has 0 bridgehead atoms. The van der Waals surface area contributed by atoms with Crippen molar-refractivity contribution in [2.45, 2.75) is 13.5 Å². The monoisotopic (exact) mass is 363 g/mol. The Kier molecular flexibility index (Phi) is 4.87. The first-order valence-corrected chi connectivity index (χ1v) is 8.15. The number of hydrogen-bond donors (Lipinski definition) is 2. The topological polar surface area (TPSA) is 71.3 Å². The zero-order chi connectivity index (χ0) is 17.1. The molecular formula is C16H15Cl2N5O. The molecular weight excluding hydrogens is 349 g/mol. The maximum atomic E-state index is 12.0. The second kappa shape index (κ2) is 7.07. The van der Waals surface area contributed by atoms with Crippen LogP contribution in [-0.2, 0) is 6.54 Å². The predicted molar refractivity (Wildman–Crippen MR) is 94.8 cm³/mol. The van der Waals surface area contributed by atoms with Gasteiger partial charge in [-0.05, 0) is 36.8 Å². The molecule has 3 aromatic rings. The smallest absolute Gasteiger partial charge is 0.271 e. The molecule has 8 heteroatoms. The van der Waals surface area contributed by atoms with Crippen LogP contribution in [0, 0.1) is 0 Å². The summed E-state index contributed by atoms with van der Waals surface area (Å²) in [6, 6.07) is 9.04. The fraction of sp³-hybridized carbons (Fsp3) is 0.188. The largest absolute Gasteiger partial charge is 0.365 e. The Morgan fingerprint density at radius 2 is 2.04 bits per heavy atom. The minimum atomic E-state index is -0.209. The maximum Gasteiger partial charge on any atom is 0.271 e. The van der Waals surface area contributed by atoms with Gasteiger partial charge in [-0.15, -0.1) is 5.10 Å². The Morgan fingerprint density at radius 1 is 1.21 bits per heavy atom. The number of aromatic nitrogens is 3. The number of amides is 1. The van der Waals surface area contributed by atoms with Gasteiger partial charge < -0.3 is 10.6 Å². The van der Waals surface area contributed by atoms with E-state index < -0.39 is 0 Å². The summed E-state index contributed by atoms with van der Waals surface area (Å²) in [6.45, 7) is 2.93. The Morgan fingerprint density at radius 3 is 2.79 bits per heavy atom. The van der Waals surface area contributed by atoms with Gasteiger partial charge in [0.2, 0.25) is 0 Å². The molecule has 3 rings (SSSR count). The molecule has 2 N–H and O–H groups in total.